The molecule has 0 unspecified atom stereocenters. The van der Waals surface area contributed by atoms with Crippen molar-refractivity contribution >= 4 is 17.9 Å². The number of carboxylic acids is 2. The minimum atomic E-state index is -2.61. The van der Waals surface area contributed by atoms with Gasteiger partial charge in [-0.1, -0.05) is 0 Å². The monoisotopic (exact) mass is 220 g/mol. The second-order valence-electron chi connectivity index (χ2n) is 2.89. The van der Waals surface area contributed by atoms with Gasteiger partial charge in [-0.2, -0.15) is 0 Å². The van der Waals surface area contributed by atoms with Gasteiger partial charge in [0.25, 0.3) is 0 Å². The van der Waals surface area contributed by atoms with Gasteiger partial charge in [-0.25, -0.2) is 4.79 Å². The van der Waals surface area contributed by atoms with Crippen molar-refractivity contribution in [3.05, 3.63) is 0 Å². The van der Waals surface area contributed by atoms with Gasteiger partial charge in [0, 0.05) is 0 Å². The van der Waals surface area contributed by atoms with Crippen LogP contribution < -0.4 is 0 Å². The standard InChI is InChI=1S/C8H12O7/c1-2-15-6(11)4-8(14,7(12)13)3-5(9)10/h14H,2-4H2,1H3,(H,9,10)(H,12,13)/t8-/m0/s1. The van der Waals surface area contributed by atoms with Gasteiger partial charge in [0.05, 0.1) is 19.4 Å². The van der Waals surface area contributed by atoms with Crippen LogP contribution in [0, 0.1) is 0 Å². The number of hydrogen-bond donors (Lipinski definition) is 3. The first-order valence-electron chi connectivity index (χ1n) is 4.15. The lowest BCUT2D eigenvalue weighted by Gasteiger charge is -2.19. The minimum absolute atomic E-state index is 0.0294. The maximum atomic E-state index is 10.9. The molecule has 0 aromatic heterocycles. The lowest BCUT2D eigenvalue weighted by Crippen LogP contribution is -2.43. The van der Waals surface area contributed by atoms with Crippen LogP contribution in [0.1, 0.15) is 19.8 Å². The molecule has 15 heavy (non-hydrogen) atoms. The molecule has 7 nitrogen and oxygen atoms in total. The Hall–Kier alpha value is -1.63. The number of ether oxygens (including phenoxy) is 1. The lowest BCUT2D eigenvalue weighted by molar-refractivity contribution is -0.171. The van der Waals surface area contributed by atoms with E-state index in [1.165, 1.54) is 6.92 Å². The number of hydrogen-bond acceptors (Lipinski definition) is 5. The third kappa shape index (κ3) is 4.41. The van der Waals surface area contributed by atoms with Crippen LogP contribution in [0.2, 0.25) is 0 Å². The average molecular weight is 220 g/mol. The summed E-state index contributed by atoms with van der Waals surface area (Å²) in [7, 11) is 0. The summed E-state index contributed by atoms with van der Waals surface area (Å²) in [5, 5.41) is 26.3. The molecule has 0 aromatic rings. The van der Waals surface area contributed by atoms with E-state index in [4.69, 9.17) is 10.2 Å². The Morgan fingerprint density at radius 1 is 1.20 bits per heavy atom. The van der Waals surface area contributed by atoms with E-state index >= 15 is 0 Å². The highest BCUT2D eigenvalue weighted by atomic mass is 16.5. The van der Waals surface area contributed by atoms with E-state index in [-0.39, 0.29) is 6.61 Å². The molecule has 3 N–H and O–H groups in total. The number of aliphatic hydroxyl groups is 1. The van der Waals surface area contributed by atoms with E-state index in [0.717, 1.165) is 0 Å². The van der Waals surface area contributed by atoms with Crippen molar-refractivity contribution < 1.29 is 34.4 Å². The summed E-state index contributed by atoms with van der Waals surface area (Å²) >= 11 is 0. The summed E-state index contributed by atoms with van der Waals surface area (Å²) < 4.78 is 4.41. The number of esters is 1. The highest BCUT2D eigenvalue weighted by molar-refractivity contribution is 5.88. The zero-order valence-corrected chi connectivity index (χ0v) is 8.10. The van der Waals surface area contributed by atoms with Crippen molar-refractivity contribution in [2.45, 2.75) is 25.4 Å². The number of carboxylic acid groups (broad SMARTS) is 2. The molecule has 0 radical (unpaired) electrons. The molecule has 0 aromatic carbocycles. The highest BCUT2D eigenvalue weighted by Gasteiger charge is 2.41. The summed E-state index contributed by atoms with van der Waals surface area (Å²) in [6.07, 6.45) is -1.94. The molecule has 86 valence electrons. The molecule has 0 spiro atoms. The molecule has 0 heterocycles. The second kappa shape index (κ2) is 5.30. The highest BCUT2D eigenvalue weighted by Crippen LogP contribution is 2.16. The molecule has 0 aliphatic carbocycles. The Morgan fingerprint density at radius 2 is 1.73 bits per heavy atom. The summed E-state index contributed by atoms with van der Waals surface area (Å²) in [5.74, 6) is -4.23. The van der Waals surface area contributed by atoms with Crippen molar-refractivity contribution in [2.24, 2.45) is 0 Å². The van der Waals surface area contributed by atoms with Gasteiger partial charge >= 0.3 is 17.9 Å². The predicted octanol–water partition coefficient (Wildman–Crippen LogP) is -0.770. The molecule has 0 saturated carbocycles. The fourth-order valence-electron chi connectivity index (χ4n) is 0.915. The van der Waals surface area contributed by atoms with E-state index in [1.807, 2.05) is 0 Å². The zero-order valence-electron chi connectivity index (χ0n) is 8.10. The third-order valence-electron chi connectivity index (χ3n) is 1.58. The minimum Gasteiger partial charge on any atom is -0.481 e. The second-order valence-corrected chi connectivity index (χ2v) is 2.89. The molecule has 1 atom stereocenters. The number of rotatable bonds is 6. The Labute approximate surface area is 85.3 Å². The molecule has 7 heteroatoms. The number of aliphatic carboxylic acids is 2. The van der Waals surface area contributed by atoms with Crippen LogP contribution in [0.25, 0.3) is 0 Å². The predicted molar refractivity (Wildman–Crippen MR) is 46.1 cm³/mol. The van der Waals surface area contributed by atoms with Crippen LogP contribution in [-0.2, 0) is 19.1 Å². The van der Waals surface area contributed by atoms with Gasteiger partial charge in [-0.15, -0.1) is 0 Å². The number of carbonyl (C=O) groups excluding carboxylic acids is 1. The van der Waals surface area contributed by atoms with E-state index in [2.05, 4.69) is 4.74 Å². The van der Waals surface area contributed by atoms with Crippen molar-refractivity contribution in [2.75, 3.05) is 6.61 Å². The van der Waals surface area contributed by atoms with Crippen molar-refractivity contribution in [3.8, 4) is 0 Å². The van der Waals surface area contributed by atoms with E-state index in [1.54, 1.807) is 0 Å². The summed E-state index contributed by atoms with van der Waals surface area (Å²) in [4.78, 5) is 31.8. The van der Waals surface area contributed by atoms with Gasteiger partial charge in [0.2, 0.25) is 0 Å². The first kappa shape index (κ1) is 13.4. The zero-order chi connectivity index (χ0) is 12.1. The molecule has 0 bridgehead atoms. The maximum Gasteiger partial charge on any atom is 0.336 e. The van der Waals surface area contributed by atoms with Crippen LogP contribution in [0.15, 0.2) is 0 Å². The first-order chi connectivity index (χ1) is 6.81. The van der Waals surface area contributed by atoms with Crippen LogP contribution in [0.4, 0.5) is 0 Å². The third-order valence-corrected chi connectivity index (χ3v) is 1.58. The quantitative estimate of drug-likeness (QED) is 0.502. The van der Waals surface area contributed by atoms with Crippen LogP contribution >= 0.6 is 0 Å². The Kier molecular flexibility index (Phi) is 4.72. The van der Waals surface area contributed by atoms with Crippen molar-refractivity contribution in [1.82, 2.24) is 0 Å². The van der Waals surface area contributed by atoms with Crippen LogP contribution in [0.5, 0.6) is 0 Å². The molecule has 0 rings (SSSR count). The molecule has 0 amide bonds. The molecule has 0 aliphatic heterocycles. The Balaban J connectivity index is 4.58. The summed E-state index contributed by atoms with van der Waals surface area (Å²) in [5.41, 5.74) is -2.61. The fourth-order valence-corrected chi connectivity index (χ4v) is 0.915. The lowest BCUT2D eigenvalue weighted by atomic mass is 9.96. The van der Waals surface area contributed by atoms with E-state index in [0.29, 0.717) is 0 Å². The van der Waals surface area contributed by atoms with Crippen molar-refractivity contribution in [1.29, 1.82) is 0 Å². The normalized spacial score (nSPS) is 14.0. The first-order valence-corrected chi connectivity index (χ1v) is 4.15. The molecule has 0 aliphatic rings. The maximum absolute atomic E-state index is 10.9. The van der Waals surface area contributed by atoms with Gasteiger partial charge in [-0.05, 0) is 6.92 Å². The van der Waals surface area contributed by atoms with Crippen molar-refractivity contribution in [3.63, 3.8) is 0 Å². The van der Waals surface area contributed by atoms with E-state index < -0.39 is 36.4 Å². The SMILES string of the molecule is CCOC(=O)C[C@@](O)(CC(=O)O)C(=O)O. The van der Waals surface area contributed by atoms with Crippen LogP contribution in [-0.4, -0.2) is 45.4 Å². The summed E-state index contributed by atoms with van der Waals surface area (Å²) in [6, 6.07) is 0. The average Bonchev–Trinajstić information content (AvgIpc) is 2.01. The van der Waals surface area contributed by atoms with Crippen LogP contribution in [0.3, 0.4) is 0 Å². The Morgan fingerprint density at radius 3 is 2.07 bits per heavy atom. The smallest absolute Gasteiger partial charge is 0.336 e. The largest absolute Gasteiger partial charge is 0.481 e. The van der Waals surface area contributed by atoms with Gasteiger partial charge in [-0.3, -0.25) is 9.59 Å². The van der Waals surface area contributed by atoms with Gasteiger partial charge in [0.1, 0.15) is 0 Å². The molecular formula is C8H12O7. The van der Waals surface area contributed by atoms with Gasteiger partial charge < -0.3 is 20.1 Å². The molecular weight excluding hydrogens is 208 g/mol. The van der Waals surface area contributed by atoms with Gasteiger partial charge in [0.15, 0.2) is 5.60 Å². The molecule has 0 saturated heterocycles. The van der Waals surface area contributed by atoms with E-state index in [9.17, 15) is 19.5 Å². The Bertz CT molecular complexity index is 272. The number of carbonyl (C=O) groups is 3. The molecule has 0 fully saturated rings. The summed E-state index contributed by atoms with van der Waals surface area (Å²) in [6.45, 7) is 1.54. The fraction of sp³-hybridized carbons (Fsp3) is 0.625. The topological polar surface area (TPSA) is 121 Å².